The molecular weight excluding hydrogens is 2080 g/mol. The van der Waals surface area contributed by atoms with E-state index >= 15 is 0 Å². The van der Waals surface area contributed by atoms with Crippen molar-refractivity contribution in [1.29, 1.82) is 0 Å². The van der Waals surface area contributed by atoms with Crippen LogP contribution in [0.1, 0.15) is 62.6 Å². The van der Waals surface area contributed by atoms with Crippen molar-refractivity contribution in [3.05, 3.63) is 544 Å². The number of rotatable bonds is 14. The zero-order chi connectivity index (χ0) is 91.9. The highest BCUT2D eigenvalue weighted by Gasteiger charge is 2.24. The Bertz CT molecular complexity index is 7210. The van der Waals surface area contributed by atoms with Gasteiger partial charge in [-0.2, -0.15) is 0 Å². The van der Waals surface area contributed by atoms with E-state index in [-0.39, 0.29) is 0 Å². The van der Waals surface area contributed by atoms with Crippen LogP contribution < -0.4 is 0 Å². The average Bonchev–Trinajstić information content (AvgIpc) is 0.720. The molecule has 0 spiro atoms. The molecule has 648 valence electrons. The van der Waals surface area contributed by atoms with Crippen LogP contribution in [0.3, 0.4) is 0 Å². The summed E-state index contributed by atoms with van der Waals surface area (Å²) in [5.41, 5.74) is 22.4. The number of benzene rings is 22. The number of hydrogen-bond donors (Lipinski definition) is 0. The summed E-state index contributed by atoms with van der Waals surface area (Å²) in [6, 6.07) is 164. The Labute approximate surface area is 844 Å². The molecule has 0 amide bonds. The van der Waals surface area contributed by atoms with E-state index in [0.717, 1.165) is 38.6 Å². The minimum absolute atomic E-state index is 0.931. The van der Waals surface area contributed by atoms with Gasteiger partial charge in [0, 0.05) is 32.2 Å². The average molecular weight is 2180 g/mol. The standard InChI is InChI=1S/C56H38.C28H16Br2.2C14H11Br.C8H9Br.C7H6Br2/c1-3-15-39(16-4-1)27-29-41-31-35-43(36-32-41)53-45-19-7-11-23-49(45)55(50-24-12-8-20-46(50)53)56-51-25-13-9-21-47(51)54(48-22-10-14-26-52(48)56)44-37-33-42(34-38-44)30-28-40-17-5-2-6-18-40;29-27-21-13-5-1-9-17(21)25(18-10-2-6-14-22(18)27)26-19-11-3-7-15-23(19)28(30)24-16-8-4-12-20(24)26;2*15-14-10-8-13(9-11-14)7-6-12-4-2-1-3-5-12;1-2-7-3-5-8(9)6-4-7;8-5-6-1-3-7(9)4-2-6/h1-38H;1-16H;2*1-11H;3-6H,2H2,1H3;1-4H,5H2/b29-27+,30-28+;;2*7-6+;;. The fraction of sp³-hybridized carbons (Fsp3) is 0.0236. The van der Waals surface area contributed by atoms with Crippen molar-refractivity contribution >= 4 is 246 Å². The topological polar surface area (TPSA) is 0 Å². The molecule has 0 saturated heterocycles. The van der Waals surface area contributed by atoms with Gasteiger partial charge in [0.05, 0.1) is 0 Å². The Hall–Kier alpha value is -12.8. The maximum absolute atomic E-state index is 3.89. The zero-order valence-corrected chi connectivity index (χ0v) is 84.7. The van der Waals surface area contributed by atoms with Crippen LogP contribution in [0.25, 0.3) is 179 Å². The molecular formula is C127H91Br7. The van der Waals surface area contributed by atoms with Gasteiger partial charge in [0.25, 0.3) is 0 Å². The van der Waals surface area contributed by atoms with Crippen LogP contribution in [0.15, 0.2) is 488 Å². The van der Waals surface area contributed by atoms with Gasteiger partial charge >= 0.3 is 0 Å². The van der Waals surface area contributed by atoms with E-state index in [2.05, 4.69) is 555 Å². The Morgan fingerprint density at radius 2 is 0.313 bits per heavy atom. The Kier molecular flexibility index (Phi) is 31.8. The predicted octanol–water partition coefficient (Wildman–Crippen LogP) is 40.7. The Morgan fingerprint density at radius 1 is 0.157 bits per heavy atom. The van der Waals surface area contributed by atoms with Gasteiger partial charge in [0.2, 0.25) is 0 Å². The van der Waals surface area contributed by atoms with E-state index in [4.69, 9.17) is 0 Å². The molecule has 0 heterocycles. The fourth-order valence-electron chi connectivity index (χ4n) is 17.1. The SMILES string of the molecule is BrCc1ccc(Br)cc1.Brc1c2ccccc2c(-c2c3ccccc3c(Br)c3ccccc23)c2ccccc12.Brc1ccc(/C=C/c2ccccc2)cc1.Brc1ccc(/C=C/c2ccccc2)cc1.C(=C\c1ccc(-c2c3ccccc3c(-c3c4ccccc4c(-c4ccc(/C=C/c5ccccc5)cc4)c4ccccc34)c3ccccc23)cc1)/c1ccccc1.CCc1ccc(Br)cc1. The first-order valence-electron chi connectivity index (χ1n) is 44.6. The van der Waals surface area contributed by atoms with Crippen molar-refractivity contribution in [3.63, 3.8) is 0 Å². The molecule has 0 nitrogen and oxygen atoms in total. The van der Waals surface area contributed by atoms with Gasteiger partial charge in [-0.25, -0.2) is 0 Å². The summed E-state index contributed by atoms with van der Waals surface area (Å²) >= 11 is 24.7. The fourth-order valence-corrected chi connectivity index (χ4v) is 19.9. The van der Waals surface area contributed by atoms with Crippen LogP contribution in [-0.2, 0) is 11.8 Å². The van der Waals surface area contributed by atoms with Crippen LogP contribution in [0.2, 0.25) is 0 Å². The van der Waals surface area contributed by atoms with Crippen molar-refractivity contribution in [3.8, 4) is 44.5 Å². The van der Waals surface area contributed by atoms with Gasteiger partial charge in [-0.3, -0.25) is 0 Å². The molecule has 0 aliphatic carbocycles. The number of fused-ring (bicyclic) bond motifs is 8. The number of alkyl halides is 1. The monoisotopic (exact) mass is 2170 g/mol. The van der Waals surface area contributed by atoms with Gasteiger partial charge in [-0.1, -0.05) is 548 Å². The summed E-state index contributed by atoms with van der Waals surface area (Å²) in [5.74, 6) is 0. The van der Waals surface area contributed by atoms with Crippen molar-refractivity contribution in [2.24, 2.45) is 0 Å². The molecule has 0 aliphatic rings. The van der Waals surface area contributed by atoms with E-state index in [1.807, 2.05) is 72.8 Å². The summed E-state index contributed by atoms with van der Waals surface area (Å²) in [5, 5.41) is 21.0. The first-order chi connectivity index (χ1) is 65.9. The first kappa shape index (κ1) is 93.1. The van der Waals surface area contributed by atoms with E-state index in [9.17, 15) is 0 Å². The van der Waals surface area contributed by atoms with Crippen molar-refractivity contribution in [2.75, 3.05) is 0 Å². The molecule has 0 atom stereocenters. The molecule has 0 bridgehead atoms. The lowest BCUT2D eigenvalue weighted by Crippen LogP contribution is -1.94. The molecule has 0 aromatic heterocycles. The highest BCUT2D eigenvalue weighted by molar-refractivity contribution is 9.11. The second-order valence-corrected chi connectivity index (χ2v) is 38.1. The van der Waals surface area contributed by atoms with Gasteiger partial charge in [-0.15, -0.1) is 0 Å². The number of aryl methyl sites for hydroxylation is 1. The lowest BCUT2D eigenvalue weighted by atomic mass is 9.81. The summed E-state index contributed by atoms with van der Waals surface area (Å²) in [6.07, 6.45) is 18.3. The van der Waals surface area contributed by atoms with E-state index in [1.165, 1.54) is 186 Å². The molecule has 7 heteroatoms. The molecule has 22 rings (SSSR count). The Morgan fingerprint density at radius 3 is 0.515 bits per heavy atom. The molecule has 0 aliphatic heterocycles. The van der Waals surface area contributed by atoms with Crippen LogP contribution in [0.4, 0.5) is 0 Å². The minimum atomic E-state index is 0.931. The van der Waals surface area contributed by atoms with Crippen LogP contribution in [0.5, 0.6) is 0 Å². The predicted molar refractivity (Wildman–Crippen MR) is 610 cm³/mol. The van der Waals surface area contributed by atoms with E-state index in [0.29, 0.717) is 0 Å². The quantitative estimate of drug-likeness (QED) is 0.0578. The van der Waals surface area contributed by atoms with Gasteiger partial charge in [0.1, 0.15) is 0 Å². The second kappa shape index (κ2) is 45.8. The molecule has 0 radical (unpaired) electrons. The van der Waals surface area contributed by atoms with Crippen molar-refractivity contribution in [1.82, 2.24) is 0 Å². The van der Waals surface area contributed by atoms with E-state index < -0.39 is 0 Å². The number of hydrogen-bond acceptors (Lipinski definition) is 0. The third-order valence-electron chi connectivity index (χ3n) is 23.7. The zero-order valence-electron chi connectivity index (χ0n) is 73.6. The van der Waals surface area contributed by atoms with Crippen LogP contribution in [-0.4, -0.2) is 0 Å². The minimum Gasteiger partial charge on any atom is -0.0876 e. The molecule has 0 unspecified atom stereocenters. The van der Waals surface area contributed by atoms with Crippen LogP contribution >= 0.6 is 112 Å². The van der Waals surface area contributed by atoms with Gasteiger partial charge in [0.15, 0.2) is 0 Å². The highest BCUT2D eigenvalue weighted by atomic mass is 79.9. The molecule has 0 fully saturated rings. The maximum Gasteiger partial charge on any atom is 0.0332 e. The molecule has 22 aromatic carbocycles. The number of halogens is 7. The molecule has 22 aromatic rings. The third kappa shape index (κ3) is 22.7. The van der Waals surface area contributed by atoms with Crippen molar-refractivity contribution in [2.45, 2.75) is 18.7 Å². The summed E-state index contributed by atoms with van der Waals surface area (Å²) in [6.45, 7) is 2.16. The largest absolute Gasteiger partial charge is 0.0876 e. The molecule has 0 N–H and O–H groups in total. The maximum atomic E-state index is 3.89. The molecule has 134 heavy (non-hydrogen) atoms. The van der Waals surface area contributed by atoms with E-state index in [1.54, 1.807) is 0 Å². The van der Waals surface area contributed by atoms with Crippen molar-refractivity contribution < 1.29 is 0 Å². The Balaban J connectivity index is 0.000000132. The highest BCUT2D eigenvalue weighted by Crippen LogP contribution is 2.52. The second-order valence-electron chi connectivity index (χ2n) is 32.3. The third-order valence-corrected chi connectivity index (χ3v) is 28.2. The lowest BCUT2D eigenvalue weighted by Gasteiger charge is -2.22. The summed E-state index contributed by atoms with van der Waals surface area (Å²) in [7, 11) is 0. The smallest absolute Gasteiger partial charge is 0.0332 e. The molecule has 0 saturated carbocycles. The van der Waals surface area contributed by atoms with Crippen LogP contribution in [0, 0.1) is 0 Å². The first-order valence-corrected chi connectivity index (χ1v) is 50.5. The van der Waals surface area contributed by atoms with Gasteiger partial charge in [-0.05, 0) is 273 Å². The lowest BCUT2D eigenvalue weighted by molar-refractivity contribution is 1.14. The summed E-state index contributed by atoms with van der Waals surface area (Å²) in [4.78, 5) is 0. The summed E-state index contributed by atoms with van der Waals surface area (Å²) < 4.78 is 6.82. The normalized spacial score (nSPS) is 11.2. The van der Waals surface area contributed by atoms with Gasteiger partial charge < -0.3 is 0 Å².